The van der Waals surface area contributed by atoms with Gasteiger partial charge < -0.3 is 0 Å². The van der Waals surface area contributed by atoms with E-state index in [9.17, 15) is 17.6 Å². The third-order valence-corrected chi connectivity index (χ3v) is 10.6. The lowest BCUT2D eigenvalue weighted by molar-refractivity contribution is 0.448. The normalized spacial score (nSPS) is 12.0. The van der Waals surface area contributed by atoms with Gasteiger partial charge in [-0.2, -0.15) is 0 Å². The fourth-order valence-electron chi connectivity index (χ4n) is 3.24. The molecule has 0 spiro atoms. The standard InChI is InChI=1S/C17H21F4Si/c1-10(2)22(11(3)4,12(5)6)8-7-13-16(20)14(18)9-15(19)17(13)21/h10-12H,1-6H3. The van der Waals surface area contributed by atoms with Gasteiger partial charge in [-0.05, 0) is 16.6 Å². The second-order valence-electron chi connectivity index (χ2n) is 6.40. The molecule has 0 saturated heterocycles. The molecule has 0 aliphatic carbocycles. The summed E-state index contributed by atoms with van der Waals surface area (Å²) in [6, 6.07) is 1.37. The fourth-order valence-corrected chi connectivity index (χ4v) is 8.44. The minimum atomic E-state index is -2.24. The smallest absolute Gasteiger partial charge is 0.178 e. The molecular weight excluding hydrogens is 308 g/mol. The zero-order chi connectivity index (χ0) is 17.2. The molecule has 121 valence electrons. The highest BCUT2D eigenvalue weighted by Crippen LogP contribution is 2.40. The molecule has 0 N–H and O–H groups in total. The van der Waals surface area contributed by atoms with Crippen LogP contribution in [-0.4, -0.2) is 8.07 Å². The van der Waals surface area contributed by atoms with Crippen LogP contribution in [0.15, 0.2) is 0 Å². The molecule has 0 bridgehead atoms. The molecule has 0 fully saturated rings. The van der Waals surface area contributed by atoms with Crippen molar-refractivity contribution in [2.24, 2.45) is 0 Å². The molecule has 0 amide bonds. The van der Waals surface area contributed by atoms with Crippen molar-refractivity contribution >= 4 is 8.07 Å². The van der Waals surface area contributed by atoms with Crippen molar-refractivity contribution in [2.45, 2.75) is 58.2 Å². The molecule has 5 heteroatoms. The van der Waals surface area contributed by atoms with Gasteiger partial charge in [0.1, 0.15) is 13.6 Å². The molecule has 22 heavy (non-hydrogen) atoms. The van der Waals surface area contributed by atoms with Crippen LogP contribution in [0.4, 0.5) is 17.6 Å². The van der Waals surface area contributed by atoms with Crippen molar-refractivity contribution < 1.29 is 17.6 Å². The van der Waals surface area contributed by atoms with Crippen molar-refractivity contribution in [3.05, 3.63) is 34.9 Å². The van der Waals surface area contributed by atoms with Gasteiger partial charge in [0.2, 0.25) is 0 Å². The van der Waals surface area contributed by atoms with Crippen molar-refractivity contribution in [2.75, 3.05) is 0 Å². The summed E-state index contributed by atoms with van der Waals surface area (Å²) in [5.74, 6) is -3.65. The molecule has 0 atom stereocenters. The Hall–Kier alpha value is -1.28. The van der Waals surface area contributed by atoms with Gasteiger partial charge in [-0.15, -0.1) is 5.54 Å². The fraction of sp³-hybridized carbons (Fsp3) is 0.529. The Bertz CT molecular complexity index is 561. The van der Waals surface area contributed by atoms with E-state index in [0.29, 0.717) is 0 Å². The first-order valence-electron chi connectivity index (χ1n) is 7.34. The Morgan fingerprint density at radius 2 is 1.14 bits per heavy atom. The van der Waals surface area contributed by atoms with Crippen LogP contribution in [0, 0.1) is 40.8 Å². The van der Waals surface area contributed by atoms with Crippen molar-refractivity contribution in [3.8, 4) is 11.5 Å². The van der Waals surface area contributed by atoms with Crippen LogP contribution < -0.4 is 0 Å². The summed E-state index contributed by atoms with van der Waals surface area (Å²) in [6.07, 6.45) is 0. The molecule has 0 unspecified atom stereocenters. The first kappa shape index (κ1) is 18.8. The largest absolute Gasteiger partial charge is 0.203 e. The highest BCUT2D eigenvalue weighted by Gasteiger charge is 2.41. The molecule has 0 saturated carbocycles. The highest BCUT2D eigenvalue weighted by atomic mass is 28.3. The lowest BCUT2D eigenvalue weighted by atomic mass is 10.2. The molecule has 0 nitrogen and oxygen atoms in total. The van der Waals surface area contributed by atoms with Crippen LogP contribution in [0.5, 0.6) is 0 Å². The number of hydrogen-bond acceptors (Lipinski definition) is 0. The molecule has 1 aromatic rings. The number of rotatable bonds is 3. The molecule has 0 aliphatic rings. The molecular formula is C17H21F4Si. The Morgan fingerprint density at radius 1 is 0.773 bits per heavy atom. The molecule has 0 aliphatic heterocycles. The maximum Gasteiger partial charge on any atom is 0.178 e. The summed E-state index contributed by atoms with van der Waals surface area (Å²) in [6.45, 7) is 12.2. The first-order chi connectivity index (χ1) is 10.1. The first-order valence-corrected chi connectivity index (χ1v) is 9.57. The third-order valence-electron chi connectivity index (χ3n) is 4.31. The van der Waals surface area contributed by atoms with Gasteiger partial charge in [0.25, 0.3) is 0 Å². The minimum Gasteiger partial charge on any atom is -0.203 e. The number of hydrogen-bond donors (Lipinski definition) is 0. The predicted octanol–water partition coefficient (Wildman–Crippen LogP) is 5.61. The van der Waals surface area contributed by atoms with Gasteiger partial charge in [0.05, 0.1) is 6.07 Å². The van der Waals surface area contributed by atoms with Gasteiger partial charge >= 0.3 is 0 Å². The SMILES string of the molecule is CC(C)[Si](C#Cc1c(F)c(F)[c]c(F)c1F)(C(C)C)C(C)C. The Labute approximate surface area is 130 Å². The number of halogens is 4. The summed E-state index contributed by atoms with van der Waals surface area (Å²) >= 11 is 0. The van der Waals surface area contributed by atoms with E-state index in [1.807, 2.05) is 41.5 Å². The van der Waals surface area contributed by atoms with Gasteiger partial charge in [0, 0.05) is 0 Å². The molecule has 1 aromatic carbocycles. The van der Waals surface area contributed by atoms with E-state index in [4.69, 9.17) is 0 Å². The Morgan fingerprint density at radius 3 is 1.45 bits per heavy atom. The van der Waals surface area contributed by atoms with E-state index >= 15 is 0 Å². The van der Waals surface area contributed by atoms with Crippen LogP contribution in [0.25, 0.3) is 0 Å². The number of benzene rings is 1. The zero-order valence-corrected chi connectivity index (χ0v) is 14.7. The van der Waals surface area contributed by atoms with Crippen molar-refractivity contribution in [1.29, 1.82) is 0 Å². The van der Waals surface area contributed by atoms with E-state index < -0.39 is 36.9 Å². The van der Waals surface area contributed by atoms with Crippen molar-refractivity contribution in [1.82, 2.24) is 0 Å². The minimum absolute atomic E-state index is 0.246. The molecule has 0 aromatic heterocycles. The zero-order valence-electron chi connectivity index (χ0n) is 13.7. The monoisotopic (exact) mass is 329 g/mol. The van der Waals surface area contributed by atoms with E-state index in [0.717, 1.165) is 0 Å². The predicted molar refractivity (Wildman–Crippen MR) is 83.0 cm³/mol. The van der Waals surface area contributed by atoms with Gasteiger partial charge in [-0.3, -0.25) is 0 Å². The summed E-state index contributed by atoms with van der Waals surface area (Å²) < 4.78 is 53.9. The van der Waals surface area contributed by atoms with Gasteiger partial charge in [0.15, 0.2) is 23.3 Å². The third kappa shape index (κ3) is 3.22. The van der Waals surface area contributed by atoms with Crippen molar-refractivity contribution in [3.63, 3.8) is 0 Å². The van der Waals surface area contributed by atoms with Crippen LogP contribution in [0.2, 0.25) is 16.6 Å². The second-order valence-corrected chi connectivity index (χ2v) is 12.0. The summed E-state index contributed by atoms with van der Waals surface area (Å²) in [5, 5.41) is 0. The highest BCUT2D eigenvalue weighted by molar-refractivity contribution is 6.90. The van der Waals surface area contributed by atoms with E-state index in [1.165, 1.54) is 6.07 Å². The van der Waals surface area contributed by atoms with E-state index in [1.54, 1.807) is 0 Å². The molecule has 1 rings (SSSR count). The maximum absolute atomic E-state index is 13.7. The van der Waals surface area contributed by atoms with Crippen LogP contribution >= 0.6 is 0 Å². The van der Waals surface area contributed by atoms with Gasteiger partial charge in [-0.25, -0.2) is 17.6 Å². The second kappa shape index (κ2) is 6.87. The average molecular weight is 329 g/mol. The summed E-state index contributed by atoms with van der Waals surface area (Å²) in [5.41, 5.74) is 2.94. The summed E-state index contributed by atoms with van der Waals surface area (Å²) in [7, 11) is -2.24. The Balaban J connectivity index is 3.56. The summed E-state index contributed by atoms with van der Waals surface area (Å²) in [4.78, 5) is 0. The lowest BCUT2D eigenvalue weighted by Crippen LogP contribution is -2.43. The van der Waals surface area contributed by atoms with Crippen LogP contribution in [0.1, 0.15) is 47.1 Å². The van der Waals surface area contributed by atoms with Gasteiger partial charge in [-0.1, -0.05) is 47.5 Å². The Kier molecular flexibility index (Phi) is 5.86. The topological polar surface area (TPSA) is 0 Å². The maximum atomic E-state index is 13.7. The van der Waals surface area contributed by atoms with E-state index in [-0.39, 0.29) is 16.6 Å². The van der Waals surface area contributed by atoms with Crippen LogP contribution in [0.3, 0.4) is 0 Å². The van der Waals surface area contributed by atoms with Crippen LogP contribution in [-0.2, 0) is 0 Å². The van der Waals surface area contributed by atoms with E-state index in [2.05, 4.69) is 11.5 Å². The quantitative estimate of drug-likeness (QED) is 0.292. The average Bonchev–Trinajstić information content (AvgIpc) is 2.39. The molecule has 0 heterocycles. The molecule has 1 radical (unpaired) electrons. The lowest BCUT2D eigenvalue weighted by Gasteiger charge is -2.38.